The van der Waals surface area contributed by atoms with Gasteiger partial charge >= 0.3 is 11.9 Å². The number of ether oxygens (including phenoxy) is 1. The van der Waals surface area contributed by atoms with Crippen LogP contribution in [0.25, 0.3) is 0 Å². The van der Waals surface area contributed by atoms with E-state index in [4.69, 9.17) is 15.6 Å². The summed E-state index contributed by atoms with van der Waals surface area (Å²) >= 11 is 0. The van der Waals surface area contributed by atoms with E-state index in [-0.39, 0.29) is 6.42 Å². The molecule has 0 spiro atoms. The second kappa shape index (κ2) is 6.70. The molecule has 1 aliphatic heterocycles. The Labute approximate surface area is 129 Å². The summed E-state index contributed by atoms with van der Waals surface area (Å²) in [6, 6.07) is 5.97. The van der Waals surface area contributed by atoms with E-state index in [1.54, 1.807) is 18.2 Å². The van der Waals surface area contributed by atoms with E-state index in [0.717, 1.165) is 12.8 Å². The standard InChI is InChI=1S/C16H20N2O4/c1-2-3-8-22-15(21)16(9-12(17)14(19)20)10-18-13-7-5-4-6-11(13)16/h4-7,10,12H,2-3,8-9,17H2,1H3,(H,19,20)/t12-,16?/m1/s1. The molecule has 0 aliphatic carbocycles. The molecule has 1 aliphatic rings. The Morgan fingerprint density at radius 3 is 2.82 bits per heavy atom. The van der Waals surface area contributed by atoms with Crippen LogP contribution in [0, 0.1) is 0 Å². The number of nitrogens with two attached hydrogens (primary N) is 1. The fourth-order valence-electron chi connectivity index (χ4n) is 2.49. The number of carboxylic acid groups (broad SMARTS) is 1. The summed E-state index contributed by atoms with van der Waals surface area (Å²) in [5.41, 5.74) is 5.73. The van der Waals surface area contributed by atoms with Crippen LogP contribution in [0.1, 0.15) is 31.7 Å². The molecule has 0 bridgehead atoms. The Bertz CT molecular complexity index is 600. The van der Waals surface area contributed by atoms with Crippen molar-refractivity contribution in [3.63, 3.8) is 0 Å². The molecular formula is C16H20N2O4. The summed E-state index contributed by atoms with van der Waals surface area (Å²) in [7, 11) is 0. The zero-order chi connectivity index (χ0) is 16.2. The van der Waals surface area contributed by atoms with E-state index in [1.165, 1.54) is 6.21 Å². The van der Waals surface area contributed by atoms with Gasteiger partial charge in [-0.1, -0.05) is 31.5 Å². The Hall–Kier alpha value is -2.21. The maximum absolute atomic E-state index is 12.6. The predicted molar refractivity (Wildman–Crippen MR) is 82.4 cm³/mol. The van der Waals surface area contributed by atoms with Crippen molar-refractivity contribution in [2.75, 3.05) is 6.61 Å². The number of hydrogen-bond acceptors (Lipinski definition) is 5. The zero-order valence-corrected chi connectivity index (χ0v) is 12.5. The number of unbranched alkanes of at least 4 members (excludes halogenated alkanes) is 1. The first-order valence-electron chi connectivity index (χ1n) is 7.31. The largest absolute Gasteiger partial charge is 0.480 e. The summed E-state index contributed by atoms with van der Waals surface area (Å²) in [5, 5.41) is 9.08. The molecule has 2 rings (SSSR count). The number of benzene rings is 1. The minimum absolute atomic E-state index is 0.0756. The SMILES string of the molecule is CCCCOC(=O)C1(C[C@@H](N)C(=O)O)C=Nc2ccccc21. The quantitative estimate of drug-likeness (QED) is 0.590. The van der Waals surface area contributed by atoms with E-state index < -0.39 is 23.4 Å². The number of rotatable bonds is 7. The molecular weight excluding hydrogens is 284 g/mol. The zero-order valence-electron chi connectivity index (χ0n) is 12.5. The highest BCUT2D eigenvalue weighted by molar-refractivity contribution is 6.07. The first-order valence-corrected chi connectivity index (χ1v) is 7.31. The Morgan fingerprint density at radius 1 is 1.41 bits per heavy atom. The van der Waals surface area contributed by atoms with Gasteiger partial charge in [-0.25, -0.2) is 0 Å². The van der Waals surface area contributed by atoms with Crippen LogP contribution in [0.5, 0.6) is 0 Å². The van der Waals surface area contributed by atoms with Crippen LogP contribution in [-0.4, -0.2) is 35.9 Å². The highest BCUT2D eigenvalue weighted by atomic mass is 16.5. The third-order valence-electron chi connectivity index (χ3n) is 3.76. The number of carbonyl (C=O) groups is 2. The van der Waals surface area contributed by atoms with Gasteiger partial charge in [0.2, 0.25) is 0 Å². The number of carbonyl (C=O) groups excluding carboxylic acids is 1. The summed E-state index contributed by atoms with van der Waals surface area (Å²) in [4.78, 5) is 27.9. The smallest absolute Gasteiger partial charge is 0.322 e. The van der Waals surface area contributed by atoms with Crippen molar-refractivity contribution in [1.82, 2.24) is 0 Å². The normalized spacial score (nSPS) is 20.5. The number of fused-ring (bicyclic) bond motifs is 1. The molecule has 1 unspecified atom stereocenters. The van der Waals surface area contributed by atoms with Gasteiger partial charge in [0, 0.05) is 11.8 Å². The second-order valence-electron chi connectivity index (χ2n) is 5.39. The van der Waals surface area contributed by atoms with Crippen LogP contribution in [-0.2, 0) is 19.7 Å². The molecule has 1 aromatic rings. The maximum Gasteiger partial charge on any atom is 0.322 e. The molecule has 1 heterocycles. The third kappa shape index (κ3) is 3.01. The maximum atomic E-state index is 12.6. The minimum atomic E-state index is -1.22. The van der Waals surface area contributed by atoms with Crippen LogP contribution in [0.2, 0.25) is 0 Å². The molecule has 0 aromatic heterocycles. The van der Waals surface area contributed by atoms with Crippen molar-refractivity contribution in [2.24, 2.45) is 10.7 Å². The van der Waals surface area contributed by atoms with Gasteiger partial charge in [-0.3, -0.25) is 14.6 Å². The average Bonchev–Trinajstić information content (AvgIpc) is 2.87. The van der Waals surface area contributed by atoms with Gasteiger partial charge in [0.25, 0.3) is 0 Å². The number of para-hydroxylation sites is 1. The van der Waals surface area contributed by atoms with Gasteiger partial charge in [0.05, 0.1) is 12.3 Å². The summed E-state index contributed by atoms with van der Waals surface area (Å²) < 4.78 is 5.33. The van der Waals surface area contributed by atoms with Crippen molar-refractivity contribution in [1.29, 1.82) is 0 Å². The van der Waals surface area contributed by atoms with Crippen LogP contribution < -0.4 is 5.73 Å². The van der Waals surface area contributed by atoms with Crippen LogP contribution in [0.4, 0.5) is 5.69 Å². The Morgan fingerprint density at radius 2 is 2.14 bits per heavy atom. The van der Waals surface area contributed by atoms with E-state index in [2.05, 4.69) is 4.99 Å². The molecule has 0 radical (unpaired) electrons. The van der Waals surface area contributed by atoms with Crippen molar-refractivity contribution in [3.05, 3.63) is 29.8 Å². The van der Waals surface area contributed by atoms with Crippen LogP contribution >= 0.6 is 0 Å². The molecule has 0 fully saturated rings. The highest BCUT2D eigenvalue weighted by Crippen LogP contribution is 2.40. The Balaban J connectivity index is 2.32. The summed E-state index contributed by atoms with van der Waals surface area (Å²) in [6.45, 7) is 2.30. The van der Waals surface area contributed by atoms with E-state index >= 15 is 0 Å². The van der Waals surface area contributed by atoms with E-state index in [9.17, 15) is 9.59 Å². The monoisotopic (exact) mass is 304 g/mol. The van der Waals surface area contributed by atoms with Gasteiger partial charge in [-0.15, -0.1) is 0 Å². The summed E-state index contributed by atoms with van der Waals surface area (Å²) in [6.07, 6.45) is 3.05. The lowest BCUT2D eigenvalue weighted by molar-refractivity contribution is -0.148. The number of hydrogen-bond donors (Lipinski definition) is 2. The number of carboxylic acids is 1. The minimum Gasteiger partial charge on any atom is -0.480 e. The molecule has 6 heteroatoms. The fraction of sp³-hybridized carbons (Fsp3) is 0.438. The number of aliphatic carboxylic acids is 1. The lowest BCUT2D eigenvalue weighted by Crippen LogP contribution is -2.45. The van der Waals surface area contributed by atoms with Crippen molar-refractivity contribution in [2.45, 2.75) is 37.6 Å². The molecule has 0 saturated carbocycles. The molecule has 1 aromatic carbocycles. The molecule has 6 nitrogen and oxygen atoms in total. The van der Waals surface area contributed by atoms with E-state index in [0.29, 0.717) is 17.9 Å². The number of nitrogens with zero attached hydrogens (tertiary/aromatic N) is 1. The molecule has 118 valence electrons. The molecule has 0 saturated heterocycles. The third-order valence-corrected chi connectivity index (χ3v) is 3.76. The van der Waals surface area contributed by atoms with Crippen molar-refractivity contribution < 1.29 is 19.4 Å². The fourth-order valence-corrected chi connectivity index (χ4v) is 2.49. The Kier molecular flexibility index (Phi) is 4.92. The molecule has 0 amide bonds. The van der Waals surface area contributed by atoms with Crippen molar-refractivity contribution in [3.8, 4) is 0 Å². The first-order chi connectivity index (χ1) is 10.5. The second-order valence-corrected chi connectivity index (χ2v) is 5.39. The summed E-state index contributed by atoms with van der Waals surface area (Å²) in [5.74, 6) is -1.65. The van der Waals surface area contributed by atoms with Gasteiger partial charge in [0.15, 0.2) is 0 Å². The van der Waals surface area contributed by atoms with Gasteiger partial charge in [-0.2, -0.15) is 0 Å². The predicted octanol–water partition coefficient (Wildman–Crippen LogP) is 1.79. The van der Waals surface area contributed by atoms with Gasteiger partial charge in [0.1, 0.15) is 11.5 Å². The average molecular weight is 304 g/mol. The topological polar surface area (TPSA) is 102 Å². The highest BCUT2D eigenvalue weighted by Gasteiger charge is 2.47. The van der Waals surface area contributed by atoms with Crippen molar-refractivity contribution >= 4 is 23.8 Å². The molecule has 2 atom stereocenters. The van der Waals surface area contributed by atoms with E-state index in [1.807, 2.05) is 13.0 Å². The molecule has 22 heavy (non-hydrogen) atoms. The lowest BCUT2D eigenvalue weighted by atomic mass is 9.77. The number of aliphatic imine (C=N–C) groups is 1. The molecule has 3 N–H and O–H groups in total. The van der Waals surface area contributed by atoms with Crippen LogP contribution in [0.3, 0.4) is 0 Å². The van der Waals surface area contributed by atoms with Gasteiger partial charge < -0.3 is 15.6 Å². The van der Waals surface area contributed by atoms with Gasteiger partial charge in [-0.05, 0) is 18.9 Å². The first kappa shape index (κ1) is 16.2. The number of esters is 1. The van der Waals surface area contributed by atoms with Crippen LogP contribution in [0.15, 0.2) is 29.3 Å². The lowest BCUT2D eigenvalue weighted by Gasteiger charge is -2.27.